The second kappa shape index (κ2) is 7.18. The van der Waals surface area contributed by atoms with E-state index in [9.17, 15) is 4.79 Å². The van der Waals surface area contributed by atoms with E-state index in [0.717, 1.165) is 0 Å². The van der Waals surface area contributed by atoms with Crippen molar-refractivity contribution < 1.29 is 9.53 Å². The van der Waals surface area contributed by atoms with Crippen molar-refractivity contribution in [1.29, 1.82) is 0 Å². The molecular formula is C12H18ClN3O2. The average molecular weight is 272 g/mol. The first-order valence-corrected chi connectivity index (χ1v) is 6.19. The first-order valence-electron chi connectivity index (χ1n) is 5.81. The number of nitrogens with one attached hydrogen (secondary N) is 2. The fourth-order valence-corrected chi connectivity index (χ4v) is 1.56. The van der Waals surface area contributed by atoms with Gasteiger partial charge in [0.25, 0.3) is 5.91 Å². The molecule has 1 atom stereocenters. The molecule has 1 aromatic rings. The molecule has 0 aliphatic carbocycles. The number of pyridine rings is 1. The van der Waals surface area contributed by atoms with Gasteiger partial charge >= 0.3 is 0 Å². The molecule has 100 valence electrons. The molecule has 1 heterocycles. The minimum Gasteiger partial charge on any atom is -0.380 e. The number of carbonyl (C=O) groups excluding carboxylic acids is 1. The molecule has 6 heteroatoms. The third-order valence-corrected chi connectivity index (χ3v) is 2.57. The normalized spacial score (nSPS) is 12.0. The molecular weight excluding hydrogens is 254 g/mol. The number of halogens is 1. The van der Waals surface area contributed by atoms with Crippen LogP contribution >= 0.6 is 11.6 Å². The van der Waals surface area contributed by atoms with Gasteiger partial charge in [-0.2, -0.15) is 0 Å². The van der Waals surface area contributed by atoms with Crippen LogP contribution in [0.4, 0.5) is 5.82 Å². The maximum Gasteiger partial charge on any atom is 0.271 e. The fraction of sp³-hybridized carbons (Fsp3) is 0.500. The average Bonchev–Trinajstić information content (AvgIpc) is 2.36. The summed E-state index contributed by atoms with van der Waals surface area (Å²) >= 11 is 5.95. The highest BCUT2D eigenvalue weighted by atomic mass is 35.5. The quantitative estimate of drug-likeness (QED) is 0.830. The van der Waals surface area contributed by atoms with Crippen LogP contribution in [0, 0.1) is 0 Å². The van der Waals surface area contributed by atoms with E-state index in [4.69, 9.17) is 16.3 Å². The van der Waals surface area contributed by atoms with Gasteiger partial charge in [-0.05, 0) is 26.0 Å². The third kappa shape index (κ3) is 4.16. The van der Waals surface area contributed by atoms with Gasteiger partial charge in [0.1, 0.15) is 11.5 Å². The summed E-state index contributed by atoms with van der Waals surface area (Å²) in [6.45, 7) is 4.85. The smallest absolute Gasteiger partial charge is 0.271 e. The van der Waals surface area contributed by atoms with E-state index in [1.54, 1.807) is 19.2 Å². The predicted molar refractivity (Wildman–Crippen MR) is 72.2 cm³/mol. The Morgan fingerprint density at radius 1 is 1.56 bits per heavy atom. The zero-order chi connectivity index (χ0) is 13.5. The van der Waals surface area contributed by atoms with Gasteiger partial charge in [0.2, 0.25) is 0 Å². The summed E-state index contributed by atoms with van der Waals surface area (Å²) in [4.78, 5) is 16.1. The van der Waals surface area contributed by atoms with Gasteiger partial charge in [0.05, 0.1) is 11.6 Å². The van der Waals surface area contributed by atoms with Crippen molar-refractivity contribution in [2.24, 2.45) is 0 Å². The third-order valence-electron chi connectivity index (χ3n) is 2.27. The van der Waals surface area contributed by atoms with Crippen LogP contribution in [0.2, 0.25) is 5.02 Å². The monoisotopic (exact) mass is 271 g/mol. The van der Waals surface area contributed by atoms with Crippen LogP contribution in [-0.2, 0) is 4.74 Å². The van der Waals surface area contributed by atoms with E-state index < -0.39 is 0 Å². The van der Waals surface area contributed by atoms with Crippen LogP contribution in [0.25, 0.3) is 0 Å². The van der Waals surface area contributed by atoms with Crippen molar-refractivity contribution in [2.45, 2.75) is 19.9 Å². The van der Waals surface area contributed by atoms with E-state index in [0.29, 0.717) is 24.1 Å². The molecule has 0 aliphatic rings. The van der Waals surface area contributed by atoms with Crippen LogP contribution in [0.3, 0.4) is 0 Å². The molecule has 0 aromatic carbocycles. The van der Waals surface area contributed by atoms with Crippen molar-refractivity contribution in [2.75, 3.05) is 25.6 Å². The summed E-state index contributed by atoms with van der Waals surface area (Å²) in [6.07, 6.45) is 0. The lowest BCUT2D eigenvalue weighted by Crippen LogP contribution is -2.36. The molecule has 0 fully saturated rings. The van der Waals surface area contributed by atoms with Crippen LogP contribution in [0.15, 0.2) is 12.1 Å². The van der Waals surface area contributed by atoms with Gasteiger partial charge in [-0.15, -0.1) is 0 Å². The summed E-state index contributed by atoms with van der Waals surface area (Å²) in [5, 5.41) is 5.98. The molecule has 1 aromatic heterocycles. The number of hydrogen-bond donors (Lipinski definition) is 2. The summed E-state index contributed by atoms with van der Waals surface area (Å²) in [7, 11) is 1.73. The van der Waals surface area contributed by atoms with Crippen molar-refractivity contribution in [3.8, 4) is 0 Å². The number of anilines is 1. The SMILES string of the molecule is CCOCC(C)NC(=O)c1nc(NC)ccc1Cl. The molecule has 1 rings (SSSR count). The summed E-state index contributed by atoms with van der Waals surface area (Å²) in [5.41, 5.74) is 0.215. The molecule has 5 nitrogen and oxygen atoms in total. The number of nitrogens with zero attached hydrogens (tertiary/aromatic N) is 1. The Bertz CT molecular complexity index is 412. The van der Waals surface area contributed by atoms with Crippen molar-refractivity contribution >= 4 is 23.3 Å². The summed E-state index contributed by atoms with van der Waals surface area (Å²) in [5.74, 6) is 0.298. The number of ether oxygens (including phenoxy) is 1. The van der Waals surface area contributed by atoms with Gasteiger partial charge in [-0.1, -0.05) is 11.6 Å². The number of hydrogen-bond acceptors (Lipinski definition) is 4. The van der Waals surface area contributed by atoms with E-state index in [2.05, 4.69) is 15.6 Å². The maximum atomic E-state index is 12.0. The molecule has 1 unspecified atom stereocenters. The van der Waals surface area contributed by atoms with E-state index in [-0.39, 0.29) is 17.6 Å². The van der Waals surface area contributed by atoms with E-state index in [1.807, 2.05) is 13.8 Å². The Labute approximate surface area is 112 Å². The molecule has 18 heavy (non-hydrogen) atoms. The van der Waals surface area contributed by atoms with Crippen LogP contribution < -0.4 is 10.6 Å². The predicted octanol–water partition coefficient (Wildman–Crippen LogP) is 1.93. The molecule has 2 N–H and O–H groups in total. The lowest BCUT2D eigenvalue weighted by atomic mass is 10.3. The first kappa shape index (κ1) is 14.7. The Morgan fingerprint density at radius 3 is 2.89 bits per heavy atom. The molecule has 0 spiro atoms. The largest absolute Gasteiger partial charge is 0.380 e. The number of carbonyl (C=O) groups is 1. The van der Waals surface area contributed by atoms with Crippen molar-refractivity contribution in [3.05, 3.63) is 22.8 Å². The molecule has 0 radical (unpaired) electrons. The van der Waals surface area contributed by atoms with Crippen LogP contribution in [0.5, 0.6) is 0 Å². The minimum absolute atomic E-state index is 0.0893. The minimum atomic E-state index is -0.302. The lowest BCUT2D eigenvalue weighted by Gasteiger charge is -2.14. The summed E-state index contributed by atoms with van der Waals surface area (Å²) < 4.78 is 5.23. The van der Waals surface area contributed by atoms with Crippen LogP contribution in [0.1, 0.15) is 24.3 Å². The molecule has 0 bridgehead atoms. The highest BCUT2D eigenvalue weighted by Gasteiger charge is 2.15. The highest BCUT2D eigenvalue weighted by Crippen LogP contribution is 2.16. The maximum absolute atomic E-state index is 12.0. The van der Waals surface area contributed by atoms with E-state index in [1.165, 1.54) is 0 Å². The molecule has 1 amide bonds. The van der Waals surface area contributed by atoms with Gasteiger partial charge in [0.15, 0.2) is 0 Å². The molecule has 0 aliphatic heterocycles. The molecule has 0 saturated carbocycles. The first-order chi connectivity index (χ1) is 8.58. The second-order valence-electron chi connectivity index (χ2n) is 3.81. The van der Waals surface area contributed by atoms with E-state index >= 15 is 0 Å². The number of amides is 1. The zero-order valence-corrected chi connectivity index (χ0v) is 11.5. The van der Waals surface area contributed by atoms with Crippen molar-refractivity contribution in [1.82, 2.24) is 10.3 Å². The van der Waals surface area contributed by atoms with Gasteiger partial charge < -0.3 is 15.4 Å². The fourth-order valence-electron chi connectivity index (χ4n) is 1.37. The Kier molecular flexibility index (Phi) is 5.88. The number of rotatable bonds is 6. The topological polar surface area (TPSA) is 63.2 Å². The Balaban J connectivity index is 2.71. The van der Waals surface area contributed by atoms with Crippen molar-refractivity contribution in [3.63, 3.8) is 0 Å². The highest BCUT2D eigenvalue weighted by molar-refractivity contribution is 6.33. The Hall–Kier alpha value is -1.33. The Morgan fingerprint density at radius 2 is 2.28 bits per heavy atom. The zero-order valence-electron chi connectivity index (χ0n) is 10.8. The second-order valence-corrected chi connectivity index (χ2v) is 4.22. The van der Waals surface area contributed by atoms with Gasteiger partial charge in [-0.25, -0.2) is 4.98 Å². The van der Waals surface area contributed by atoms with Gasteiger partial charge in [-0.3, -0.25) is 4.79 Å². The number of aromatic nitrogens is 1. The standard InChI is InChI=1S/C12H18ClN3O2/c1-4-18-7-8(2)15-12(17)11-9(13)5-6-10(14-3)16-11/h5-6,8H,4,7H2,1-3H3,(H,14,16)(H,15,17). The lowest BCUT2D eigenvalue weighted by molar-refractivity contribution is 0.0867. The summed E-state index contributed by atoms with van der Waals surface area (Å²) in [6, 6.07) is 3.26. The van der Waals surface area contributed by atoms with Gasteiger partial charge in [0, 0.05) is 19.7 Å². The van der Waals surface area contributed by atoms with Crippen LogP contribution in [-0.4, -0.2) is 37.2 Å². The molecule has 0 saturated heterocycles.